The Kier molecular flexibility index (Phi) is 13.3. The van der Waals surface area contributed by atoms with E-state index in [1.54, 1.807) is 24.3 Å². The Morgan fingerprint density at radius 1 is 0.894 bits per heavy atom. The molecule has 0 radical (unpaired) electrons. The van der Waals surface area contributed by atoms with Gasteiger partial charge in [-0.3, -0.25) is 9.59 Å². The third-order valence-electron chi connectivity index (χ3n) is 16.7. The van der Waals surface area contributed by atoms with Gasteiger partial charge in [0.25, 0.3) is 0 Å². The van der Waals surface area contributed by atoms with Crippen LogP contribution in [0.25, 0.3) is 33.4 Å². The number of anilines is 1. The van der Waals surface area contributed by atoms with Crippen LogP contribution in [0.2, 0.25) is 0 Å². The molecule has 8 rings (SSSR count). The molecule has 1 aliphatic heterocycles. The molecule has 15 heteroatoms. The van der Waals surface area contributed by atoms with E-state index in [1.165, 1.54) is 30.3 Å². The van der Waals surface area contributed by atoms with E-state index in [-0.39, 0.29) is 86.6 Å². The SMILES string of the molecule is CCCC(NC(=S)Nc1ccc(-c2c3ccc(=O)cc-3oc3cc(O)ccc23)c(C(=O)O)c1)C(NC(=O)CCC(C)C1CCC2C3C(O)CC4CC(O)CCC4(C)C3CC(O)C12C)C(=O)O. The highest BCUT2D eigenvalue weighted by atomic mass is 32.1. The first kappa shape index (κ1) is 47.4. The molecule has 1 heterocycles. The van der Waals surface area contributed by atoms with Crippen LogP contribution in [0.15, 0.2) is 63.8 Å². The van der Waals surface area contributed by atoms with Crippen molar-refractivity contribution in [3.63, 3.8) is 0 Å². The topological polar surface area (TPSA) is 239 Å². The molecular formula is C51H63N3O11S. The number of thiocarbonyl (C=S) groups is 1. The van der Waals surface area contributed by atoms with E-state index >= 15 is 0 Å². The van der Waals surface area contributed by atoms with Gasteiger partial charge in [0.2, 0.25) is 5.91 Å². The molecule has 1 amide bonds. The zero-order chi connectivity index (χ0) is 47.4. The summed E-state index contributed by atoms with van der Waals surface area (Å²) in [5, 5.41) is 74.5. The van der Waals surface area contributed by atoms with Crippen molar-refractivity contribution in [3.8, 4) is 28.2 Å². The first-order chi connectivity index (χ1) is 31.3. The summed E-state index contributed by atoms with van der Waals surface area (Å²) in [6, 6.07) is 11.1. The van der Waals surface area contributed by atoms with Crippen molar-refractivity contribution in [3.05, 3.63) is 70.4 Å². The molecule has 0 spiro atoms. The largest absolute Gasteiger partial charge is 0.508 e. The van der Waals surface area contributed by atoms with Crippen LogP contribution in [-0.4, -0.2) is 84.0 Å². The molecule has 2 aromatic rings. The van der Waals surface area contributed by atoms with Crippen molar-refractivity contribution in [2.45, 2.75) is 129 Å². The molecule has 4 saturated carbocycles. The van der Waals surface area contributed by atoms with Crippen LogP contribution in [0.4, 0.5) is 5.69 Å². The van der Waals surface area contributed by atoms with E-state index < -0.39 is 47.6 Å². The Balaban J connectivity index is 0.929. The Bertz CT molecular complexity index is 2550. The lowest BCUT2D eigenvalue weighted by atomic mass is 9.43. The van der Waals surface area contributed by atoms with E-state index in [0.29, 0.717) is 66.3 Å². The van der Waals surface area contributed by atoms with Gasteiger partial charge < -0.3 is 51.0 Å². The van der Waals surface area contributed by atoms with Crippen LogP contribution < -0.4 is 21.4 Å². The Morgan fingerprint density at radius 3 is 2.38 bits per heavy atom. The summed E-state index contributed by atoms with van der Waals surface area (Å²) in [4.78, 5) is 51.4. The van der Waals surface area contributed by atoms with Crippen molar-refractivity contribution in [2.75, 3.05) is 5.32 Å². The first-order valence-corrected chi connectivity index (χ1v) is 24.0. The lowest BCUT2D eigenvalue weighted by Gasteiger charge is -2.63. The summed E-state index contributed by atoms with van der Waals surface area (Å²) >= 11 is 5.64. The van der Waals surface area contributed by atoms with Gasteiger partial charge in [-0.15, -0.1) is 0 Å². The standard InChI is InChI=1S/C51H63N3O11S/c1-5-6-38(53-49(66)52-27-8-11-31(34(21-27)47(61)62)44-32-12-9-28(55)22-40(32)65-41-23-29(56)10-13-33(41)44)46(48(63)64)54-43(60)16-7-25(2)35-14-15-36-45-37(24-42(59)51(35,36)4)50(3)18-17-30(57)19-26(50)20-39(45)58/h8-13,21-23,25-26,30,35-39,42,45-46,55,57-59H,5-7,14-20,24H2,1-4H3,(H,54,60)(H,61,62)(H,63,64)(H2,52,53,66). The predicted molar refractivity (Wildman–Crippen MR) is 253 cm³/mol. The highest BCUT2D eigenvalue weighted by molar-refractivity contribution is 7.80. The van der Waals surface area contributed by atoms with Gasteiger partial charge >= 0.3 is 11.9 Å². The molecule has 2 aromatic carbocycles. The number of benzene rings is 3. The lowest BCUT2D eigenvalue weighted by Crippen LogP contribution is -2.62. The number of hydrogen-bond acceptors (Lipinski definition) is 10. The summed E-state index contributed by atoms with van der Waals surface area (Å²) in [6.45, 7) is 8.49. The molecule has 0 aromatic heterocycles. The number of amides is 1. The van der Waals surface area contributed by atoms with Gasteiger partial charge in [0.15, 0.2) is 10.5 Å². The number of phenolic OH excluding ortho intramolecular Hbond substituents is 1. The summed E-state index contributed by atoms with van der Waals surface area (Å²) in [5.41, 5.74) is 0.965. The van der Waals surface area contributed by atoms with Crippen LogP contribution in [0.1, 0.15) is 109 Å². The summed E-state index contributed by atoms with van der Waals surface area (Å²) < 4.78 is 5.93. The van der Waals surface area contributed by atoms with Gasteiger partial charge in [-0.25, -0.2) is 9.59 Å². The number of aliphatic hydroxyl groups excluding tert-OH is 3. The summed E-state index contributed by atoms with van der Waals surface area (Å²) in [5.74, 6) is -1.97. The van der Waals surface area contributed by atoms with E-state index in [1.807, 2.05) is 6.92 Å². The number of phenols is 1. The van der Waals surface area contributed by atoms with Gasteiger partial charge in [0.05, 0.1) is 29.9 Å². The van der Waals surface area contributed by atoms with Crippen LogP contribution in [0.5, 0.6) is 5.75 Å². The van der Waals surface area contributed by atoms with Crippen molar-refractivity contribution in [1.29, 1.82) is 0 Å². The third-order valence-corrected chi connectivity index (χ3v) is 16.9. The van der Waals surface area contributed by atoms with E-state index in [4.69, 9.17) is 16.6 Å². The molecule has 0 saturated heterocycles. The number of nitrogens with one attached hydrogen (secondary N) is 3. The highest BCUT2D eigenvalue weighted by Gasteiger charge is 2.65. The monoisotopic (exact) mass is 925 g/mol. The van der Waals surface area contributed by atoms with Crippen molar-refractivity contribution in [1.82, 2.24) is 10.6 Å². The van der Waals surface area contributed by atoms with Crippen molar-refractivity contribution < 1.29 is 49.4 Å². The third kappa shape index (κ3) is 8.67. The maximum atomic E-state index is 13.6. The van der Waals surface area contributed by atoms with Gasteiger partial charge in [-0.05, 0) is 158 Å². The molecule has 354 valence electrons. The summed E-state index contributed by atoms with van der Waals surface area (Å²) in [6.07, 6.45) is 5.52. The van der Waals surface area contributed by atoms with Gasteiger partial charge in [0, 0.05) is 40.8 Å². The molecule has 66 heavy (non-hydrogen) atoms. The van der Waals surface area contributed by atoms with E-state index in [2.05, 4.69) is 36.7 Å². The molecular weight excluding hydrogens is 863 g/mol. The molecule has 13 unspecified atom stereocenters. The second-order valence-electron chi connectivity index (χ2n) is 20.3. The lowest BCUT2D eigenvalue weighted by molar-refractivity contribution is -0.207. The molecule has 5 aliphatic carbocycles. The molecule has 4 fully saturated rings. The molecule has 13 atom stereocenters. The number of aliphatic hydroxyl groups is 3. The number of carboxylic acid groups (broad SMARTS) is 2. The van der Waals surface area contributed by atoms with Crippen LogP contribution in [0.3, 0.4) is 0 Å². The quantitative estimate of drug-likeness (QED) is 0.0470. The number of rotatable bonds is 13. The van der Waals surface area contributed by atoms with Crippen molar-refractivity contribution >= 4 is 51.8 Å². The maximum absolute atomic E-state index is 13.6. The number of carbonyl (C=O) groups is 3. The zero-order valence-electron chi connectivity index (χ0n) is 38.0. The number of aromatic carboxylic acids is 1. The molecule has 14 nitrogen and oxygen atoms in total. The zero-order valence-corrected chi connectivity index (χ0v) is 38.8. The Morgan fingerprint density at radius 2 is 1.65 bits per heavy atom. The van der Waals surface area contributed by atoms with Gasteiger partial charge in [-0.2, -0.15) is 0 Å². The maximum Gasteiger partial charge on any atom is 0.336 e. The van der Waals surface area contributed by atoms with Crippen LogP contribution in [-0.2, 0) is 9.59 Å². The number of fused-ring (bicyclic) bond motifs is 7. The average Bonchev–Trinajstić information content (AvgIpc) is 3.62. The summed E-state index contributed by atoms with van der Waals surface area (Å²) in [7, 11) is 0. The molecule has 0 bridgehead atoms. The number of aliphatic carboxylic acids is 1. The number of carboxylic acids is 2. The van der Waals surface area contributed by atoms with E-state index in [9.17, 15) is 49.8 Å². The molecule has 6 aliphatic rings. The number of aromatic hydroxyl groups is 1. The highest BCUT2D eigenvalue weighted by Crippen LogP contribution is 2.68. The second-order valence-corrected chi connectivity index (χ2v) is 20.7. The fourth-order valence-electron chi connectivity index (χ4n) is 13.4. The smallest absolute Gasteiger partial charge is 0.336 e. The van der Waals surface area contributed by atoms with Crippen LogP contribution in [0, 0.1) is 46.3 Å². The van der Waals surface area contributed by atoms with Gasteiger partial charge in [-0.1, -0.05) is 40.2 Å². The minimum absolute atomic E-state index is 0.0190. The van der Waals surface area contributed by atoms with Crippen molar-refractivity contribution in [2.24, 2.45) is 46.3 Å². The number of carbonyl (C=O) groups excluding carboxylic acids is 1. The minimum Gasteiger partial charge on any atom is -0.508 e. The Hall–Kier alpha value is -5.09. The fourth-order valence-corrected chi connectivity index (χ4v) is 13.7. The predicted octanol–water partition coefficient (Wildman–Crippen LogP) is 7.37. The molecule has 9 N–H and O–H groups in total. The normalized spacial score (nSPS) is 30.6. The second kappa shape index (κ2) is 18.5. The van der Waals surface area contributed by atoms with Crippen LogP contribution >= 0.6 is 12.2 Å². The Labute approximate surface area is 389 Å². The van der Waals surface area contributed by atoms with E-state index in [0.717, 1.165) is 25.7 Å². The average molecular weight is 926 g/mol. The fraction of sp³-hybridized carbons (Fsp3) is 0.549. The first-order valence-electron chi connectivity index (χ1n) is 23.5. The minimum atomic E-state index is -1.34. The number of hydrogen-bond donors (Lipinski definition) is 9. The van der Waals surface area contributed by atoms with Gasteiger partial charge in [0.1, 0.15) is 23.1 Å².